The minimum absolute atomic E-state index is 0.383. The Balaban J connectivity index is 2.26. The number of rotatable bonds is 3. The molecular weight excluding hydrogens is 180 g/mol. The standard InChI is InChI=1S/C10H14N2O2/c1-2-3-8-11-7-5-4-6(10(13)14)9(7)12-8/h6H,2-5H2,1H3,(H,11,12)(H,13,14). The zero-order chi connectivity index (χ0) is 10.1. The number of aliphatic carboxylic acids is 1. The van der Waals surface area contributed by atoms with Crippen molar-refractivity contribution in [1.29, 1.82) is 0 Å². The molecule has 0 spiro atoms. The average molecular weight is 194 g/mol. The first-order chi connectivity index (χ1) is 6.72. The number of nitrogens with one attached hydrogen (secondary N) is 1. The average Bonchev–Trinajstić information content (AvgIpc) is 2.62. The van der Waals surface area contributed by atoms with E-state index in [1.807, 2.05) is 0 Å². The molecule has 1 aromatic rings. The second kappa shape index (κ2) is 3.44. The van der Waals surface area contributed by atoms with Gasteiger partial charge in [0.05, 0.1) is 5.69 Å². The van der Waals surface area contributed by atoms with Crippen molar-refractivity contribution in [3.63, 3.8) is 0 Å². The molecule has 0 aromatic carbocycles. The molecule has 0 radical (unpaired) electrons. The summed E-state index contributed by atoms with van der Waals surface area (Å²) >= 11 is 0. The van der Waals surface area contributed by atoms with Gasteiger partial charge in [0, 0.05) is 12.1 Å². The molecule has 0 amide bonds. The topological polar surface area (TPSA) is 66.0 Å². The number of carbonyl (C=O) groups is 1. The lowest BCUT2D eigenvalue weighted by molar-refractivity contribution is -0.138. The smallest absolute Gasteiger partial charge is 0.312 e. The third kappa shape index (κ3) is 1.41. The summed E-state index contributed by atoms with van der Waals surface area (Å²) in [6, 6.07) is 0. The summed E-state index contributed by atoms with van der Waals surface area (Å²) < 4.78 is 0. The highest BCUT2D eigenvalue weighted by Gasteiger charge is 2.31. The summed E-state index contributed by atoms with van der Waals surface area (Å²) in [4.78, 5) is 18.4. The van der Waals surface area contributed by atoms with Crippen LogP contribution in [0.4, 0.5) is 0 Å². The minimum atomic E-state index is -0.752. The molecule has 14 heavy (non-hydrogen) atoms. The first-order valence-electron chi connectivity index (χ1n) is 5.02. The molecule has 0 fully saturated rings. The molecule has 4 heteroatoms. The van der Waals surface area contributed by atoms with Gasteiger partial charge in [0.25, 0.3) is 0 Å². The van der Waals surface area contributed by atoms with Gasteiger partial charge in [-0.05, 0) is 19.3 Å². The largest absolute Gasteiger partial charge is 0.481 e. The molecule has 1 aromatic heterocycles. The van der Waals surface area contributed by atoms with Gasteiger partial charge in [-0.15, -0.1) is 0 Å². The number of imidazole rings is 1. The van der Waals surface area contributed by atoms with Crippen LogP contribution in [0, 0.1) is 0 Å². The second-order valence-electron chi connectivity index (χ2n) is 3.73. The maximum atomic E-state index is 10.9. The molecule has 0 saturated carbocycles. The fraction of sp³-hybridized carbons (Fsp3) is 0.600. The molecule has 76 valence electrons. The Morgan fingerprint density at radius 1 is 1.71 bits per heavy atom. The number of aromatic nitrogens is 2. The van der Waals surface area contributed by atoms with Crippen LogP contribution >= 0.6 is 0 Å². The van der Waals surface area contributed by atoms with E-state index in [9.17, 15) is 4.79 Å². The number of H-pyrrole nitrogens is 1. The SMILES string of the molecule is CCCc1nc2c([nH]1)CCC2C(=O)O. The number of nitrogens with zero attached hydrogens (tertiary/aromatic N) is 1. The Bertz CT molecular complexity index is 357. The van der Waals surface area contributed by atoms with Crippen LogP contribution in [-0.2, 0) is 17.6 Å². The number of hydrogen-bond acceptors (Lipinski definition) is 2. The summed E-state index contributed by atoms with van der Waals surface area (Å²) in [6.07, 6.45) is 3.45. The van der Waals surface area contributed by atoms with Crippen LogP contribution in [0.25, 0.3) is 0 Å². The highest BCUT2D eigenvalue weighted by molar-refractivity contribution is 5.76. The molecule has 4 nitrogen and oxygen atoms in total. The molecule has 1 heterocycles. The van der Waals surface area contributed by atoms with Gasteiger partial charge in [0.1, 0.15) is 11.7 Å². The van der Waals surface area contributed by atoms with Crippen molar-refractivity contribution < 1.29 is 9.90 Å². The summed E-state index contributed by atoms with van der Waals surface area (Å²) in [6.45, 7) is 2.09. The molecular formula is C10H14N2O2. The fourth-order valence-electron chi connectivity index (χ4n) is 1.98. The maximum absolute atomic E-state index is 10.9. The highest BCUT2D eigenvalue weighted by Crippen LogP contribution is 2.31. The van der Waals surface area contributed by atoms with Crippen molar-refractivity contribution in [2.24, 2.45) is 0 Å². The number of fused-ring (bicyclic) bond motifs is 1. The molecule has 1 atom stereocenters. The van der Waals surface area contributed by atoms with Gasteiger partial charge in [-0.2, -0.15) is 0 Å². The molecule has 2 rings (SSSR count). The molecule has 2 N–H and O–H groups in total. The molecule has 0 saturated heterocycles. The van der Waals surface area contributed by atoms with E-state index in [4.69, 9.17) is 5.11 Å². The van der Waals surface area contributed by atoms with E-state index in [-0.39, 0.29) is 5.92 Å². The number of carboxylic acid groups (broad SMARTS) is 1. The van der Waals surface area contributed by atoms with Crippen LogP contribution in [0.1, 0.15) is 42.9 Å². The van der Waals surface area contributed by atoms with E-state index < -0.39 is 5.97 Å². The lowest BCUT2D eigenvalue weighted by Gasteiger charge is -2.00. The van der Waals surface area contributed by atoms with Crippen LogP contribution in [-0.4, -0.2) is 21.0 Å². The van der Waals surface area contributed by atoms with Crippen molar-refractivity contribution >= 4 is 5.97 Å². The zero-order valence-electron chi connectivity index (χ0n) is 8.21. The normalized spacial score (nSPS) is 19.6. The summed E-state index contributed by atoms with van der Waals surface area (Å²) in [7, 11) is 0. The summed E-state index contributed by atoms with van der Waals surface area (Å²) in [5.41, 5.74) is 1.79. The van der Waals surface area contributed by atoms with Gasteiger partial charge in [0.15, 0.2) is 0 Å². The number of aryl methyl sites for hydroxylation is 2. The number of hydrogen-bond donors (Lipinski definition) is 2. The van der Waals surface area contributed by atoms with Crippen molar-refractivity contribution in [2.75, 3.05) is 0 Å². The minimum Gasteiger partial charge on any atom is -0.481 e. The van der Waals surface area contributed by atoms with E-state index in [0.717, 1.165) is 36.5 Å². The molecule has 1 unspecified atom stereocenters. The van der Waals surface area contributed by atoms with Crippen molar-refractivity contribution in [3.05, 3.63) is 17.2 Å². The lowest BCUT2D eigenvalue weighted by Crippen LogP contribution is -2.08. The molecule has 1 aliphatic rings. The van der Waals surface area contributed by atoms with E-state index in [0.29, 0.717) is 6.42 Å². The zero-order valence-corrected chi connectivity index (χ0v) is 8.21. The lowest BCUT2D eigenvalue weighted by atomic mass is 10.1. The molecule has 0 bridgehead atoms. The Morgan fingerprint density at radius 2 is 2.50 bits per heavy atom. The predicted molar refractivity (Wildman–Crippen MR) is 51.3 cm³/mol. The first-order valence-corrected chi connectivity index (χ1v) is 5.02. The van der Waals surface area contributed by atoms with Crippen LogP contribution in [0.15, 0.2) is 0 Å². The van der Waals surface area contributed by atoms with Gasteiger partial charge in [-0.25, -0.2) is 4.98 Å². The summed E-state index contributed by atoms with van der Waals surface area (Å²) in [5, 5.41) is 8.95. The van der Waals surface area contributed by atoms with Crippen LogP contribution in [0.5, 0.6) is 0 Å². The fourth-order valence-corrected chi connectivity index (χ4v) is 1.98. The van der Waals surface area contributed by atoms with Crippen molar-refractivity contribution in [2.45, 2.75) is 38.5 Å². The van der Waals surface area contributed by atoms with Crippen LogP contribution in [0.2, 0.25) is 0 Å². The van der Waals surface area contributed by atoms with Gasteiger partial charge in [-0.1, -0.05) is 6.92 Å². The van der Waals surface area contributed by atoms with Gasteiger partial charge in [0.2, 0.25) is 0 Å². The number of carboxylic acids is 1. The Kier molecular flexibility index (Phi) is 2.27. The summed E-state index contributed by atoms with van der Waals surface area (Å²) in [5.74, 6) is -0.200. The Hall–Kier alpha value is -1.32. The van der Waals surface area contributed by atoms with Gasteiger partial charge in [-0.3, -0.25) is 4.79 Å². The predicted octanol–water partition coefficient (Wildman–Crippen LogP) is 1.48. The Labute approximate surface area is 82.4 Å². The van der Waals surface area contributed by atoms with E-state index >= 15 is 0 Å². The third-order valence-corrected chi connectivity index (χ3v) is 2.66. The van der Waals surface area contributed by atoms with Crippen molar-refractivity contribution in [1.82, 2.24) is 9.97 Å². The van der Waals surface area contributed by atoms with E-state index in [1.54, 1.807) is 0 Å². The van der Waals surface area contributed by atoms with Gasteiger partial charge < -0.3 is 10.1 Å². The molecule has 1 aliphatic carbocycles. The maximum Gasteiger partial charge on any atom is 0.312 e. The van der Waals surface area contributed by atoms with E-state index in [1.165, 1.54) is 0 Å². The second-order valence-corrected chi connectivity index (χ2v) is 3.73. The Morgan fingerprint density at radius 3 is 3.14 bits per heavy atom. The van der Waals surface area contributed by atoms with E-state index in [2.05, 4.69) is 16.9 Å². The van der Waals surface area contributed by atoms with Crippen LogP contribution < -0.4 is 0 Å². The first kappa shape index (κ1) is 9.24. The third-order valence-electron chi connectivity index (χ3n) is 2.66. The highest BCUT2D eigenvalue weighted by atomic mass is 16.4. The van der Waals surface area contributed by atoms with Crippen LogP contribution in [0.3, 0.4) is 0 Å². The monoisotopic (exact) mass is 194 g/mol. The molecule has 0 aliphatic heterocycles. The number of aromatic amines is 1. The van der Waals surface area contributed by atoms with Crippen molar-refractivity contribution in [3.8, 4) is 0 Å². The quantitative estimate of drug-likeness (QED) is 0.765. The van der Waals surface area contributed by atoms with Gasteiger partial charge >= 0.3 is 5.97 Å².